The molecular weight excluding hydrogens is 304 g/mol. The summed E-state index contributed by atoms with van der Waals surface area (Å²) in [6.07, 6.45) is -0.153. The Labute approximate surface area is 137 Å². The molecule has 0 aliphatic rings. The highest BCUT2D eigenvalue weighted by molar-refractivity contribution is 6.31. The number of ether oxygens (including phenoxy) is 3. The lowest BCUT2D eigenvalue weighted by atomic mass is 10.1. The van der Waals surface area contributed by atoms with E-state index in [0.29, 0.717) is 22.8 Å². The first kappa shape index (κ1) is 18.6. The van der Waals surface area contributed by atoms with Crippen molar-refractivity contribution in [2.45, 2.75) is 59.9 Å². The topological polar surface area (TPSA) is 44.8 Å². The van der Waals surface area contributed by atoms with E-state index in [9.17, 15) is 4.79 Å². The second-order valence-corrected chi connectivity index (χ2v) is 6.12. The van der Waals surface area contributed by atoms with Gasteiger partial charge in [-0.2, -0.15) is 0 Å². The zero-order valence-corrected chi connectivity index (χ0v) is 14.9. The minimum absolute atomic E-state index is 0.00776. The Balaban J connectivity index is 3.42. The predicted molar refractivity (Wildman–Crippen MR) is 88.8 cm³/mol. The highest BCUT2D eigenvalue weighted by Gasteiger charge is 2.22. The molecule has 0 fully saturated rings. The lowest BCUT2D eigenvalue weighted by molar-refractivity contribution is 0.100. The summed E-state index contributed by atoms with van der Waals surface area (Å²) in [5.74, 6) is 1.12. The number of carbonyl (C=O) groups is 1. The number of carbonyl (C=O) groups excluding carboxylic acids is 1. The predicted octanol–water partition coefficient (Wildman–Crippen LogP) is 4.47. The molecule has 0 saturated heterocycles. The van der Waals surface area contributed by atoms with Gasteiger partial charge in [0, 0.05) is 12.1 Å². The largest absolute Gasteiger partial charge is 0.491 e. The molecule has 124 valence electrons. The Bertz CT molecular complexity index is 478. The van der Waals surface area contributed by atoms with Crippen molar-refractivity contribution in [3.05, 3.63) is 17.7 Å². The van der Waals surface area contributed by atoms with Gasteiger partial charge in [0.15, 0.2) is 5.78 Å². The molecule has 4 nitrogen and oxygen atoms in total. The Kier molecular flexibility index (Phi) is 7.01. The molecule has 0 aliphatic carbocycles. The van der Waals surface area contributed by atoms with Crippen LogP contribution < -0.4 is 14.2 Å². The van der Waals surface area contributed by atoms with Gasteiger partial charge >= 0.3 is 0 Å². The summed E-state index contributed by atoms with van der Waals surface area (Å²) in [4.78, 5) is 12.2. The molecule has 1 rings (SSSR count). The van der Waals surface area contributed by atoms with E-state index >= 15 is 0 Å². The highest BCUT2D eigenvalue weighted by atomic mass is 35.5. The van der Waals surface area contributed by atoms with Crippen LogP contribution in [0, 0.1) is 0 Å². The Morgan fingerprint density at radius 3 is 1.64 bits per heavy atom. The molecular formula is C17H25ClO4. The number of rotatable bonds is 8. The van der Waals surface area contributed by atoms with Crippen LogP contribution in [0.1, 0.15) is 51.9 Å². The van der Waals surface area contributed by atoms with Crippen LogP contribution in [-0.4, -0.2) is 30.0 Å². The van der Waals surface area contributed by atoms with Crippen LogP contribution in [0.15, 0.2) is 12.1 Å². The zero-order chi connectivity index (χ0) is 16.9. The molecule has 0 radical (unpaired) electrons. The average Bonchev–Trinajstić information content (AvgIpc) is 2.35. The van der Waals surface area contributed by atoms with Crippen LogP contribution in [0.3, 0.4) is 0 Å². The van der Waals surface area contributed by atoms with E-state index in [0.717, 1.165) is 0 Å². The van der Waals surface area contributed by atoms with Crippen molar-refractivity contribution in [3.8, 4) is 17.2 Å². The summed E-state index contributed by atoms with van der Waals surface area (Å²) in [5.41, 5.74) is 0.369. The van der Waals surface area contributed by atoms with E-state index in [1.807, 2.05) is 41.5 Å². The zero-order valence-electron chi connectivity index (χ0n) is 14.1. The molecule has 0 unspecified atom stereocenters. The summed E-state index contributed by atoms with van der Waals surface area (Å²) < 4.78 is 17.3. The van der Waals surface area contributed by atoms with E-state index < -0.39 is 0 Å². The van der Waals surface area contributed by atoms with Crippen molar-refractivity contribution in [1.29, 1.82) is 0 Å². The first-order valence-corrected chi connectivity index (χ1v) is 8.05. The van der Waals surface area contributed by atoms with Gasteiger partial charge in [-0.25, -0.2) is 0 Å². The quantitative estimate of drug-likeness (QED) is 0.521. The molecule has 0 atom stereocenters. The standard InChI is InChI=1S/C17H25ClO4/c1-10(2)20-13-7-15(21-11(3)4)17(14(19)9-18)16(8-13)22-12(5)6/h7-8,10-12H,9H2,1-6H3. The van der Waals surface area contributed by atoms with Gasteiger partial charge in [-0.15, -0.1) is 11.6 Å². The van der Waals surface area contributed by atoms with Gasteiger partial charge < -0.3 is 14.2 Å². The highest BCUT2D eigenvalue weighted by Crippen LogP contribution is 2.36. The lowest BCUT2D eigenvalue weighted by Gasteiger charge is -2.21. The number of hydrogen-bond acceptors (Lipinski definition) is 4. The number of alkyl halides is 1. The maximum Gasteiger partial charge on any atom is 0.185 e. The van der Waals surface area contributed by atoms with Crippen LogP contribution in [0.5, 0.6) is 17.2 Å². The molecule has 0 N–H and O–H groups in total. The fourth-order valence-electron chi connectivity index (χ4n) is 1.94. The molecule has 0 amide bonds. The van der Waals surface area contributed by atoms with Crippen LogP contribution in [-0.2, 0) is 0 Å². The molecule has 5 heteroatoms. The molecule has 0 spiro atoms. The molecule has 0 bridgehead atoms. The second-order valence-electron chi connectivity index (χ2n) is 5.85. The van der Waals surface area contributed by atoms with Gasteiger partial charge in [-0.1, -0.05) is 0 Å². The Morgan fingerprint density at radius 2 is 1.32 bits per heavy atom. The van der Waals surface area contributed by atoms with Crippen LogP contribution in [0.2, 0.25) is 0 Å². The van der Waals surface area contributed by atoms with Crippen LogP contribution in [0.25, 0.3) is 0 Å². The minimum Gasteiger partial charge on any atom is -0.491 e. The Hall–Kier alpha value is -1.42. The summed E-state index contributed by atoms with van der Waals surface area (Å²) >= 11 is 5.74. The smallest absolute Gasteiger partial charge is 0.185 e. The molecule has 0 saturated carbocycles. The fraction of sp³-hybridized carbons (Fsp3) is 0.588. The van der Waals surface area contributed by atoms with E-state index in [1.165, 1.54) is 0 Å². The van der Waals surface area contributed by atoms with Crippen molar-refractivity contribution in [2.24, 2.45) is 0 Å². The van der Waals surface area contributed by atoms with E-state index in [4.69, 9.17) is 25.8 Å². The number of ketones is 1. The van der Waals surface area contributed by atoms with Gasteiger partial charge in [0.2, 0.25) is 0 Å². The van der Waals surface area contributed by atoms with Crippen molar-refractivity contribution in [1.82, 2.24) is 0 Å². The second kappa shape index (κ2) is 8.28. The van der Waals surface area contributed by atoms with Crippen molar-refractivity contribution in [2.75, 3.05) is 5.88 Å². The van der Waals surface area contributed by atoms with E-state index in [-0.39, 0.29) is 30.0 Å². The maximum absolute atomic E-state index is 12.2. The van der Waals surface area contributed by atoms with E-state index in [1.54, 1.807) is 12.1 Å². The number of hydrogen-bond donors (Lipinski definition) is 0. The van der Waals surface area contributed by atoms with Crippen molar-refractivity contribution < 1.29 is 19.0 Å². The van der Waals surface area contributed by atoms with E-state index in [2.05, 4.69) is 0 Å². The SMILES string of the molecule is CC(C)Oc1cc(OC(C)C)c(C(=O)CCl)c(OC(C)C)c1. The molecule has 0 aliphatic heterocycles. The van der Waals surface area contributed by atoms with Gasteiger partial charge in [-0.05, 0) is 41.5 Å². The van der Waals surface area contributed by atoms with Crippen molar-refractivity contribution >= 4 is 17.4 Å². The lowest BCUT2D eigenvalue weighted by Crippen LogP contribution is -2.16. The van der Waals surface area contributed by atoms with Crippen LogP contribution in [0.4, 0.5) is 0 Å². The third-order valence-electron chi connectivity index (χ3n) is 2.54. The van der Waals surface area contributed by atoms with Gasteiger partial charge in [0.1, 0.15) is 22.8 Å². The first-order chi connectivity index (χ1) is 10.2. The van der Waals surface area contributed by atoms with Gasteiger partial charge in [0.05, 0.1) is 24.2 Å². The maximum atomic E-state index is 12.2. The molecule has 22 heavy (non-hydrogen) atoms. The number of benzene rings is 1. The van der Waals surface area contributed by atoms with Crippen molar-refractivity contribution in [3.63, 3.8) is 0 Å². The third-order valence-corrected chi connectivity index (χ3v) is 2.78. The Morgan fingerprint density at radius 1 is 0.909 bits per heavy atom. The summed E-state index contributed by atoms with van der Waals surface area (Å²) in [5, 5.41) is 0. The normalized spacial score (nSPS) is 11.2. The first-order valence-electron chi connectivity index (χ1n) is 7.51. The third kappa shape index (κ3) is 5.41. The molecule has 1 aromatic rings. The fourth-order valence-corrected chi connectivity index (χ4v) is 2.08. The van der Waals surface area contributed by atoms with Gasteiger partial charge in [0.25, 0.3) is 0 Å². The average molecular weight is 329 g/mol. The summed E-state index contributed by atoms with van der Waals surface area (Å²) in [6.45, 7) is 11.5. The molecule has 1 aromatic carbocycles. The molecule has 0 heterocycles. The van der Waals surface area contributed by atoms with Gasteiger partial charge in [-0.3, -0.25) is 4.79 Å². The molecule has 0 aromatic heterocycles. The summed E-state index contributed by atoms with van der Waals surface area (Å²) in [6, 6.07) is 3.43. The minimum atomic E-state index is -0.232. The monoisotopic (exact) mass is 328 g/mol. The summed E-state index contributed by atoms with van der Waals surface area (Å²) in [7, 11) is 0. The van der Waals surface area contributed by atoms with Crippen LogP contribution >= 0.6 is 11.6 Å². The number of halogens is 1. The number of Topliss-reactive ketones (excluding diaryl/α,β-unsaturated/α-hetero) is 1.